The molecular weight excluding hydrogens is 312 g/mol. The van der Waals surface area contributed by atoms with Crippen LogP contribution in [0, 0.1) is 5.92 Å². The quantitative estimate of drug-likeness (QED) is 0.481. The third kappa shape index (κ3) is 4.19. The number of carbonyl (C=O) groups is 1. The second-order valence-electron chi connectivity index (χ2n) is 6.52. The first-order valence-electron chi connectivity index (χ1n) is 9.26. The lowest BCUT2D eigenvalue weighted by Crippen LogP contribution is -2.19. The van der Waals surface area contributed by atoms with Crippen molar-refractivity contribution < 1.29 is 9.53 Å². The van der Waals surface area contributed by atoms with Gasteiger partial charge in [0.2, 0.25) is 0 Å². The fourth-order valence-electron chi connectivity index (χ4n) is 3.18. The van der Waals surface area contributed by atoms with Crippen LogP contribution >= 0.6 is 0 Å². The van der Waals surface area contributed by atoms with E-state index in [-0.39, 0.29) is 11.9 Å². The number of imidazole rings is 1. The van der Waals surface area contributed by atoms with Crippen LogP contribution in [-0.2, 0) is 17.6 Å². The number of fused-ring (bicyclic) bond motifs is 1. The van der Waals surface area contributed by atoms with Gasteiger partial charge in [-0.3, -0.25) is 4.79 Å². The smallest absolute Gasteiger partial charge is 0.314 e. The number of ether oxygens (including phenoxy) is 1. The number of allylic oxidation sites excluding steroid dienone is 2. The molecule has 0 aliphatic heterocycles. The van der Waals surface area contributed by atoms with Crippen LogP contribution in [0.25, 0.3) is 11.4 Å². The highest BCUT2D eigenvalue weighted by molar-refractivity contribution is 5.75. The summed E-state index contributed by atoms with van der Waals surface area (Å²) in [5.41, 5.74) is 3.43. The third-order valence-corrected chi connectivity index (χ3v) is 4.81. The highest BCUT2D eigenvalue weighted by Crippen LogP contribution is 2.24. The van der Waals surface area contributed by atoms with Gasteiger partial charge in [-0.15, -0.1) is 0 Å². The minimum absolute atomic E-state index is 0.0297. The van der Waals surface area contributed by atoms with E-state index in [4.69, 9.17) is 9.72 Å². The van der Waals surface area contributed by atoms with E-state index in [1.807, 2.05) is 38.1 Å². The van der Waals surface area contributed by atoms with Crippen LogP contribution in [0.15, 0.2) is 36.4 Å². The first-order chi connectivity index (χ1) is 12.2. The fourth-order valence-corrected chi connectivity index (χ4v) is 3.18. The molecule has 2 aromatic rings. The Hall–Kier alpha value is -2.36. The van der Waals surface area contributed by atoms with Crippen molar-refractivity contribution in [3.63, 3.8) is 0 Å². The zero-order valence-electron chi connectivity index (χ0n) is 15.0. The van der Waals surface area contributed by atoms with Crippen molar-refractivity contribution in [1.82, 2.24) is 9.97 Å². The number of esters is 1. The number of nitrogens with zero attached hydrogens (tertiary/aromatic N) is 1. The lowest BCUT2D eigenvalue weighted by atomic mass is 10.0. The molecule has 0 atom stereocenters. The maximum Gasteiger partial charge on any atom is 0.314 e. The van der Waals surface area contributed by atoms with Crippen molar-refractivity contribution in [3.05, 3.63) is 47.8 Å². The van der Waals surface area contributed by atoms with Crippen LogP contribution in [-0.4, -0.2) is 15.9 Å². The third-order valence-electron chi connectivity index (χ3n) is 4.81. The number of aryl methyl sites for hydroxylation is 2. The van der Waals surface area contributed by atoms with Gasteiger partial charge in [-0.1, -0.05) is 26.0 Å². The molecule has 1 aliphatic rings. The van der Waals surface area contributed by atoms with Crippen molar-refractivity contribution in [3.8, 4) is 17.1 Å². The van der Waals surface area contributed by atoms with Crippen LogP contribution in [0.2, 0.25) is 0 Å². The lowest BCUT2D eigenvalue weighted by molar-refractivity contribution is -0.139. The number of rotatable bonds is 5. The molecule has 132 valence electrons. The summed E-state index contributed by atoms with van der Waals surface area (Å²) in [6.45, 7) is 4.02. The molecule has 25 heavy (non-hydrogen) atoms. The van der Waals surface area contributed by atoms with E-state index < -0.39 is 0 Å². The molecule has 4 heteroatoms. The van der Waals surface area contributed by atoms with Crippen LogP contribution in [0.3, 0.4) is 0 Å². The highest BCUT2D eigenvalue weighted by Gasteiger charge is 2.17. The summed E-state index contributed by atoms with van der Waals surface area (Å²) in [5.74, 6) is 1.31. The summed E-state index contributed by atoms with van der Waals surface area (Å²) in [7, 11) is 0. The number of carbonyl (C=O) groups excluding carboxylic acids is 1. The van der Waals surface area contributed by atoms with Crippen molar-refractivity contribution in [2.24, 2.45) is 5.92 Å². The maximum absolute atomic E-state index is 12.1. The van der Waals surface area contributed by atoms with E-state index >= 15 is 0 Å². The first kappa shape index (κ1) is 17.5. The fraction of sp³-hybridized carbons (Fsp3) is 0.429. The van der Waals surface area contributed by atoms with Gasteiger partial charge in [-0.2, -0.15) is 0 Å². The lowest BCUT2D eigenvalue weighted by Gasteiger charge is -2.11. The normalized spacial score (nSPS) is 15.3. The molecule has 1 aromatic carbocycles. The van der Waals surface area contributed by atoms with Crippen LogP contribution in [0.4, 0.5) is 0 Å². The number of H-pyrrole nitrogens is 1. The Morgan fingerprint density at radius 3 is 2.48 bits per heavy atom. The number of benzene rings is 1. The number of nitrogens with one attached hydrogen (secondary N) is 1. The predicted molar refractivity (Wildman–Crippen MR) is 99.5 cm³/mol. The average Bonchev–Trinajstić information content (AvgIpc) is 2.99. The van der Waals surface area contributed by atoms with Gasteiger partial charge >= 0.3 is 5.97 Å². The molecule has 0 amide bonds. The zero-order valence-corrected chi connectivity index (χ0v) is 15.0. The Kier molecular flexibility index (Phi) is 5.69. The Balaban J connectivity index is 1.72. The largest absolute Gasteiger partial charge is 0.426 e. The average molecular weight is 338 g/mol. The standard InChI is InChI=1S/C21H26N2O2/c1-3-15(4-2)21(24)25-17-13-11-16(12-14-17)20-22-18-9-7-5-6-8-10-19(18)23-20/h5-6,11-15H,3-4,7-10H2,1-2H3,(H,22,23)/b6-5+. The monoisotopic (exact) mass is 338 g/mol. The summed E-state index contributed by atoms with van der Waals surface area (Å²) in [4.78, 5) is 20.3. The molecule has 0 saturated heterocycles. The van der Waals surface area contributed by atoms with E-state index in [9.17, 15) is 4.79 Å². The number of hydrogen-bond acceptors (Lipinski definition) is 3. The molecule has 0 spiro atoms. The van der Waals surface area contributed by atoms with E-state index in [1.165, 1.54) is 11.4 Å². The molecule has 1 heterocycles. The predicted octanol–water partition coefficient (Wildman–Crippen LogP) is 4.85. The van der Waals surface area contributed by atoms with E-state index in [2.05, 4.69) is 17.1 Å². The van der Waals surface area contributed by atoms with Gasteiger partial charge in [0.25, 0.3) is 0 Å². The second-order valence-corrected chi connectivity index (χ2v) is 6.52. The van der Waals surface area contributed by atoms with Gasteiger partial charge in [-0.25, -0.2) is 4.98 Å². The molecule has 1 aliphatic carbocycles. The van der Waals surface area contributed by atoms with Gasteiger partial charge in [0.05, 0.1) is 11.6 Å². The van der Waals surface area contributed by atoms with E-state index in [0.717, 1.165) is 49.9 Å². The Morgan fingerprint density at radius 2 is 1.80 bits per heavy atom. The molecular formula is C21H26N2O2. The number of aromatic amines is 1. The summed E-state index contributed by atoms with van der Waals surface area (Å²) in [5, 5.41) is 0. The van der Waals surface area contributed by atoms with Gasteiger partial charge in [0, 0.05) is 11.3 Å². The van der Waals surface area contributed by atoms with Crippen LogP contribution in [0.5, 0.6) is 5.75 Å². The Morgan fingerprint density at radius 1 is 1.12 bits per heavy atom. The highest BCUT2D eigenvalue weighted by atomic mass is 16.5. The molecule has 0 radical (unpaired) electrons. The molecule has 1 aromatic heterocycles. The molecule has 4 nitrogen and oxygen atoms in total. The summed E-state index contributed by atoms with van der Waals surface area (Å²) < 4.78 is 5.49. The summed E-state index contributed by atoms with van der Waals surface area (Å²) >= 11 is 0. The molecule has 0 saturated carbocycles. The van der Waals surface area contributed by atoms with E-state index in [1.54, 1.807) is 0 Å². The van der Waals surface area contributed by atoms with Crippen LogP contribution < -0.4 is 4.74 Å². The zero-order chi connectivity index (χ0) is 17.6. The minimum atomic E-state index is -0.147. The van der Waals surface area contributed by atoms with Gasteiger partial charge in [-0.05, 0) is 62.8 Å². The Labute approximate surface area is 149 Å². The minimum Gasteiger partial charge on any atom is -0.426 e. The van der Waals surface area contributed by atoms with Gasteiger partial charge in [0.1, 0.15) is 11.6 Å². The maximum atomic E-state index is 12.1. The molecule has 1 N–H and O–H groups in total. The summed E-state index contributed by atoms with van der Waals surface area (Å²) in [6.07, 6.45) is 10.2. The molecule has 0 fully saturated rings. The van der Waals surface area contributed by atoms with Crippen LogP contribution in [0.1, 0.15) is 50.9 Å². The van der Waals surface area contributed by atoms with Gasteiger partial charge < -0.3 is 9.72 Å². The number of hydrogen-bond donors (Lipinski definition) is 1. The molecule has 0 unspecified atom stereocenters. The van der Waals surface area contributed by atoms with Crippen molar-refractivity contribution in [2.45, 2.75) is 52.4 Å². The van der Waals surface area contributed by atoms with Crippen molar-refractivity contribution in [2.75, 3.05) is 0 Å². The topological polar surface area (TPSA) is 55.0 Å². The van der Waals surface area contributed by atoms with Crippen molar-refractivity contribution >= 4 is 5.97 Å². The Bertz CT molecular complexity index is 712. The molecule has 3 rings (SSSR count). The number of aromatic nitrogens is 2. The first-order valence-corrected chi connectivity index (χ1v) is 9.26. The second kappa shape index (κ2) is 8.15. The molecule has 0 bridgehead atoms. The summed E-state index contributed by atoms with van der Waals surface area (Å²) in [6, 6.07) is 7.60. The van der Waals surface area contributed by atoms with Gasteiger partial charge in [0.15, 0.2) is 0 Å². The SMILES string of the molecule is CCC(CC)C(=O)Oc1ccc(-c2nc3c([nH]2)CC/C=C/CC3)cc1. The van der Waals surface area contributed by atoms with E-state index in [0.29, 0.717) is 5.75 Å². The van der Waals surface area contributed by atoms with Crippen molar-refractivity contribution in [1.29, 1.82) is 0 Å².